The van der Waals surface area contributed by atoms with Crippen LogP contribution < -0.4 is 5.32 Å². The standard InChI is InChI=1S/C19H21N/c1-2-7-16-12(4-1)5-3-6-15(16)11-20-19-17-13-8-9-14(10-13)18(17)19/h1-7,13-14,17-20H,8-11H2. The molecule has 0 radical (unpaired) electrons. The summed E-state index contributed by atoms with van der Waals surface area (Å²) in [6.07, 6.45) is 4.57. The highest BCUT2D eigenvalue weighted by Gasteiger charge is 2.64. The quantitative estimate of drug-likeness (QED) is 0.883. The summed E-state index contributed by atoms with van der Waals surface area (Å²) < 4.78 is 0. The molecule has 0 amide bonds. The maximum Gasteiger partial charge on any atom is 0.0214 e. The van der Waals surface area contributed by atoms with Gasteiger partial charge < -0.3 is 5.32 Å². The van der Waals surface area contributed by atoms with Gasteiger partial charge >= 0.3 is 0 Å². The van der Waals surface area contributed by atoms with Crippen LogP contribution in [0.1, 0.15) is 24.8 Å². The van der Waals surface area contributed by atoms with Crippen LogP contribution in [0.3, 0.4) is 0 Å². The molecule has 0 saturated heterocycles. The molecule has 3 aliphatic carbocycles. The summed E-state index contributed by atoms with van der Waals surface area (Å²) >= 11 is 0. The van der Waals surface area contributed by atoms with E-state index in [0.717, 1.165) is 36.3 Å². The van der Waals surface area contributed by atoms with Crippen LogP contribution in [0, 0.1) is 23.7 Å². The minimum absolute atomic E-state index is 0.834. The number of hydrogen-bond acceptors (Lipinski definition) is 1. The van der Waals surface area contributed by atoms with E-state index in [-0.39, 0.29) is 0 Å². The second-order valence-electron chi connectivity index (χ2n) is 7.03. The van der Waals surface area contributed by atoms with Crippen LogP contribution in [0.15, 0.2) is 42.5 Å². The molecule has 0 aliphatic heterocycles. The topological polar surface area (TPSA) is 12.0 Å². The highest BCUT2D eigenvalue weighted by atomic mass is 15.0. The molecule has 3 saturated carbocycles. The van der Waals surface area contributed by atoms with E-state index in [4.69, 9.17) is 0 Å². The van der Waals surface area contributed by atoms with Gasteiger partial charge in [-0.15, -0.1) is 0 Å². The zero-order valence-corrected chi connectivity index (χ0v) is 11.8. The SMILES string of the molecule is c1ccc2c(CNC3C4C5CCC(C5)C34)cccc2c1. The molecule has 20 heavy (non-hydrogen) atoms. The Morgan fingerprint density at radius 3 is 2.50 bits per heavy atom. The molecule has 0 spiro atoms. The molecule has 3 fully saturated rings. The number of rotatable bonds is 3. The molecule has 102 valence electrons. The fourth-order valence-corrected chi connectivity index (χ4v) is 5.27. The van der Waals surface area contributed by atoms with E-state index in [2.05, 4.69) is 47.8 Å². The molecule has 5 rings (SSSR count). The second kappa shape index (κ2) is 4.08. The molecule has 4 unspecified atom stereocenters. The summed E-state index contributed by atoms with van der Waals surface area (Å²) in [7, 11) is 0. The third-order valence-corrected chi connectivity index (χ3v) is 6.14. The van der Waals surface area contributed by atoms with E-state index in [0.29, 0.717) is 0 Å². The van der Waals surface area contributed by atoms with Gasteiger partial charge in [0.2, 0.25) is 0 Å². The van der Waals surface area contributed by atoms with Gasteiger partial charge in [-0.2, -0.15) is 0 Å². The summed E-state index contributed by atoms with van der Waals surface area (Å²) in [6.45, 7) is 1.04. The van der Waals surface area contributed by atoms with Crippen LogP contribution in [0.4, 0.5) is 0 Å². The fourth-order valence-electron chi connectivity index (χ4n) is 5.27. The van der Waals surface area contributed by atoms with Gasteiger partial charge in [-0.05, 0) is 59.3 Å². The smallest absolute Gasteiger partial charge is 0.0214 e. The van der Waals surface area contributed by atoms with Gasteiger partial charge in [0.05, 0.1) is 0 Å². The summed E-state index contributed by atoms with van der Waals surface area (Å²) in [6, 6.07) is 16.3. The van der Waals surface area contributed by atoms with Gasteiger partial charge in [0, 0.05) is 12.6 Å². The van der Waals surface area contributed by atoms with Crippen LogP contribution in [-0.4, -0.2) is 6.04 Å². The van der Waals surface area contributed by atoms with Crippen LogP contribution in [0.2, 0.25) is 0 Å². The molecule has 0 aromatic heterocycles. The van der Waals surface area contributed by atoms with Crippen molar-refractivity contribution in [1.82, 2.24) is 5.32 Å². The maximum absolute atomic E-state index is 3.87. The molecule has 1 heteroatoms. The highest BCUT2D eigenvalue weighted by molar-refractivity contribution is 5.85. The van der Waals surface area contributed by atoms with Crippen molar-refractivity contribution in [2.75, 3.05) is 0 Å². The van der Waals surface area contributed by atoms with Gasteiger partial charge in [0.15, 0.2) is 0 Å². The summed E-state index contributed by atoms with van der Waals surface area (Å²) in [5.74, 6) is 4.19. The lowest BCUT2D eigenvalue weighted by Crippen LogP contribution is -2.22. The maximum atomic E-state index is 3.87. The van der Waals surface area contributed by atoms with Crippen molar-refractivity contribution in [3.8, 4) is 0 Å². The number of hydrogen-bond donors (Lipinski definition) is 1. The molecule has 2 bridgehead atoms. The minimum Gasteiger partial charge on any atom is -0.309 e. The summed E-state index contributed by atoms with van der Waals surface area (Å²) in [5.41, 5.74) is 1.46. The van der Waals surface area contributed by atoms with Crippen LogP contribution >= 0.6 is 0 Å². The first-order valence-corrected chi connectivity index (χ1v) is 8.12. The molecule has 3 aliphatic rings. The first-order chi connectivity index (χ1) is 9.92. The van der Waals surface area contributed by atoms with Crippen LogP contribution in [0.5, 0.6) is 0 Å². The lowest BCUT2D eigenvalue weighted by Gasteiger charge is -2.12. The van der Waals surface area contributed by atoms with Gasteiger partial charge in [-0.3, -0.25) is 0 Å². The number of nitrogens with one attached hydrogen (secondary N) is 1. The molecule has 4 atom stereocenters. The van der Waals surface area contributed by atoms with Crippen molar-refractivity contribution >= 4 is 10.8 Å². The number of fused-ring (bicyclic) bond motifs is 6. The van der Waals surface area contributed by atoms with E-state index in [1.807, 2.05) is 0 Å². The molecular formula is C19H21N. The molecule has 2 aromatic rings. The normalized spacial score (nSPS) is 37.3. The van der Waals surface area contributed by atoms with Crippen molar-refractivity contribution < 1.29 is 0 Å². The van der Waals surface area contributed by atoms with Gasteiger partial charge in [-0.25, -0.2) is 0 Å². The predicted molar refractivity (Wildman–Crippen MR) is 82.4 cm³/mol. The van der Waals surface area contributed by atoms with Crippen LogP contribution in [-0.2, 0) is 6.54 Å². The lowest BCUT2D eigenvalue weighted by atomic mass is 10.0. The molecule has 2 aromatic carbocycles. The Balaban J connectivity index is 1.35. The summed E-state index contributed by atoms with van der Waals surface area (Å²) in [5, 5.41) is 6.64. The van der Waals surface area contributed by atoms with Crippen molar-refractivity contribution in [3.63, 3.8) is 0 Å². The Labute approximate surface area is 120 Å². The van der Waals surface area contributed by atoms with E-state index >= 15 is 0 Å². The Kier molecular flexibility index (Phi) is 2.31. The zero-order chi connectivity index (χ0) is 13.1. The van der Waals surface area contributed by atoms with E-state index in [1.54, 1.807) is 6.42 Å². The van der Waals surface area contributed by atoms with Crippen molar-refractivity contribution in [1.29, 1.82) is 0 Å². The average molecular weight is 263 g/mol. The third kappa shape index (κ3) is 1.53. The molecule has 1 nitrogen and oxygen atoms in total. The first kappa shape index (κ1) is 11.3. The number of benzene rings is 2. The average Bonchev–Trinajstić information content (AvgIpc) is 2.88. The van der Waals surface area contributed by atoms with Gasteiger partial charge in [0.1, 0.15) is 0 Å². The van der Waals surface area contributed by atoms with Crippen LogP contribution in [0.25, 0.3) is 10.8 Å². The fraction of sp³-hybridized carbons (Fsp3) is 0.474. The Morgan fingerprint density at radius 1 is 0.900 bits per heavy atom. The lowest BCUT2D eigenvalue weighted by molar-refractivity contribution is 0.456. The largest absolute Gasteiger partial charge is 0.309 e. The molecule has 1 N–H and O–H groups in total. The Morgan fingerprint density at radius 2 is 1.65 bits per heavy atom. The van der Waals surface area contributed by atoms with Crippen molar-refractivity contribution in [2.45, 2.75) is 31.8 Å². The predicted octanol–water partition coefficient (Wildman–Crippen LogP) is 3.97. The second-order valence-corrected chi connectivity index (χ2v) is 7.03. The van der Waals surface area contributed by atoms with E-state index in [1.165, 1.54) is 29.2 Å². The first-order valence-electron chi connectivity index (χ1n) is 8.12. The Bertz CT molecular complexity index is 640. The van der Waals surface area contributed by atoms with Gasteiger partial charge in [0.25, 0.3) is 0 Å². The molecule has 0 heterocycles. The van der Waals surface area contributed by atoms with E-state index < -0.39 is 0 Å². The zero-order valence-electron chi connectivity index (χ0n) is 11.8. The van der Waals surface area contributed by atoms with E-state index in [9.17, 15) is 0 Å². The third-order valence-electron chi connectivity index (χ3n) is 6.14. The highest BCUT2D eigenvalue weighted by Crippen LogP contribution is 2.65. The van der Waals surface area contributed by atoms with Gasteiger partial charge in [-0.1, -0.05) is 42.5 Å². The summed E-state index contributed by atoms with van der Waals surface area (Å²) in [4.78, 5) is 0. The monoisotopic (exact) mass is 263 g/mol. The Hall–Kier alpha value is -1.34. The minimum atomic E-state index is 0.834. The van der Waals surface area contributed by atoms with Crippen molar-refractivity contribution in [3.05, 3.63) is 48.0 Å². The van der Waals surface area contributed by atoms with Crippen molar-refractivity contribution in [2.24, 2.45) is 23.7 Å². The molecular weight excluding hydrogens is 242 g/mol.